The van der Waals surface area contributed by atoms with Gasteiger partial charge in [-0.15, -0.1) is 0 Å². The van der Waals surface area contributed by atoms with Gasteiger partial charge in [-0.2, -0.15) is 11.8 Å². The summed E-state index contributed by atoms with van der Waals surface area (Å²) in [4.78, 5) is 26.9. The molecule has 0 aliphatic rings. The number of hydrogen-bond donors (Lipinski definition) is 2. The van der Waals surface area contributed by atoms with E-state index in [-0.39, 0.29) is 11.8 Å². The Morgan fingerprint density at radius 3 is 2.33 bits per heavy atom. The standard InChI is InChI=1S/C26H31FN2O2S2/c1-17(2)33-16-19-6-11-23(26(31)20-7-9-21(27)10-8-20)24(14-19)25(15-29(4)5)22(12-13-30)18(3)28-32/h6-15,17-18,28,32H,16H2,1-5H3/b22-12-,25-15+. The Balaban J connectivity index is 2.75. The zero-order valence-electron chi connectivity index (χ0n) is 19.6. The quantitative estimate of drug-likeness (QED) is 0.143. The molecule has 176 valence electrons. The van der Waals surface area contributed by atoms with Crippen LogP contribution in [0.5, 0.6) is 0 Å². The molecule has 0 saturated heterocycles. The van der Waals surface area contributed by atoms with Crippen LogP contribution in [0.1, 0.15) is 47.8 Å². The average Bonchev–Trinajstić information content (AvgIpc) is 2.79. The molecule has 0 saturated carbocycles. The molecule has 0 fully saturated rings. The molecule has 33 heavy (non-hydrogen) atoms. The number of halogens is 1. The van der Waals surface area contributed by atoms with Crippen molar-refractivity contribution in [3.63, 3.8) is 0 Å². The van der Waals surface area contributed by atoms with Gasteiger partial charge in [0.1, 0.15) is 12.1 Å². The van der Waals surface area contributed by atoms with Crippen LogP contribution in [0, 0.1) is 5.82 Å². The molecule has 2 aromatic rings. The number of nitrogens with one attached hydrogen (secondary N) is 1. The van der Waals surface area contributed by atoms with E-state index in [0.29, 0.717) is 27.5 Å². The van der Waals surface area contributed by atoms with Crippen LogP contribution < -0.4 is 4.72 Å². The number of ketones is 1. The molecule has 0 spiro atoms. The molecule has 7 heteroatoms. The van der Waals surface area contributed by atoms with Gasteiger partial charge in [0, 0.05) is 48.8 Å². The molecule has 2 aromatic carbocycles. The Morgan fingerprint density at radius 2 is 1.79 bits per heavy atom. The van der Waals surface area contributed by atoms with E-state index < -0.39 is 5.82 Å². The predicted octanol–water partition coefficient (Wildman–Crippen LogP) is 5.55. The predicted molar refractivity (Wildman–Crippen MR) is 140 cm³/mol. The van der Waals surface area contributed by atoms with Crippen molar-refractivity contribution in [2.24, 2.45) is 0 Å². The Labute approximate surface area is 205 Å². The molecule has 0 aliphatic carbocycles. The number of hydrogen-bond acceptors (Lipinski definition) is 6. The number of rotatable bonds is 11. The molecule has 0 aromatic heterocycles. The minimum absolute atomic E-state index is 0.213. The van der Waals surface area contributed by atoms with Crippen LogP contribution in [0.3, 0.4) is 0 Å². The van der Waals surface area contributed by atoms with Gasteiger partial charge >= 0.3 is 0 Å². The first-order valence-electron chi connectivity index (χ1n) is 10.7. The molecule has 0 amide bonds. The molecule has 2 rings (SSSR count). The van der Waals surface area contributed by atoms with E-state index in [1.54, 1.807) is 0 Å². The number of aldehydes is 1. The van der Waals surface area contributed by atoms with Gasteiger partial charge < -0.3 is 4.90 Å². The molecule has 0 bridgehead atoms. The minimum Gasteiger partial charge on any atom is -0.383 e. The van der Waals surface area contributed by atoms with Crippen molar-refractivity contribution in [2.45, 2.75) is 37.8 Å². The van der Waals surface area contributed by atoms with Crippen LogP contribution in [-0.4, -0.2) is 42.4 Å². The van der Waals surface area contributed by atoms with Crippen LogP contribution in [0.25, 0.3) is 5.57 Å². The number of thiol groups is 1. The van der Waals surface area contributed by atoms with Crippen molar-refractivity contribution >= 4 is 42.2 Å². The zero-order valence-corrected chi connectivity index (χ0v) is 21.3. The van der Waals surface area contributed by atoms with E-state index in [9.17, 15) is 14.0 Å². The lowest BCUT2D eigenvalue weighted by atomic mass is 9.87. The van der Waals surface area contributed by atoms with Crippen molar-refractivity contribution in [1.29, 1.82) is 0 Å². The Hall–Kier alpha value is -2.35. The number of nitrogens with zero attached hydrogens (tertiary/aromatic N) is 1. The van der Waals surface area contributed by atoms with E-state index in [2.05, 4.69) is 31.4 Å². The topological polar surface area (TPSA) is 49.4 Å². The molecule has 0 aliphatic heterocycles. The van der Waals surface area contributed by atoms with Crippen LogP contribution in [0.15, 0.2) is 60.3 Å². The van der Waals surface area contributed by atoms with E-state index in [0.717, 1.165) is 23.2 Å². The van der Waals surface area contributed by atoms with E-state index in [1.165, 1.54) is 30.3 Å². The highest BCUT2D eigenvalue weighted by atomic mass is 32.2. The van der Waals surface area contributed by atoms with Gasteiger partial charge in [0.15, 0.2) is 5.78 Å². The average molecular weight is 487 g/mol. The lowest BCUT2D eigenvalue weighted by Gasteiger charge is -2.22. The summed E-state index contributed by atoms with van der Waals surface area (Å²) in [5, 5.41) is 0.463. The van der Waals surface area contributed by atoms with Crippen molar-refractivity contribution in [3.8, 4) is 0 Å². The first-order valence-corrected chi connectivity index (χ1v) is 12.2. The Morgan fingerprint density at radius 1 is 1.12 bits per heavy atom. The fourth-order valence-electron chi connectivity index (χ4n) is 3.29. The summed E-state index contributed by atoms with van der Waals surface area (Å²) in [7, 11) is 3.77. The summed E-state index contributed by atoms with van der Waals surface area (Å²) in [6.45, 7) is 6.17. The first-order chi connectivity index (χ1) is 15.7. The zero-order chi connectivity index (χ0) is 24.5. The lowest BCUT2D eigenvalue weighted by Crippen LogP contribution is -2.22. The SMILES string of the molecule is CC(C)SCc1ccc(C(=O)c2ccc(F)cc2)c(C(=C/N(C)C)/C(=C\C=O)C(C)NS)c1. The molecule has 1 N–H and O–H groups in total. The van der Waals surface area contributed by atoms with Gasteiger partial charge in [-0.25, -0.2) is 4.39 Å². The number of carbonyl (C=O) groups is 2. The van der Waals surface area contributed by atoms with Crippen LogP contribution in [-0.2, 0) is 10.5 Å². The van der Waals surface area contributed by atoms with Gasteiger partial charge in [0.05, 0.1) is 0 Å². The fraction of sp³-hybridized carbons (Fsp3) is 0.308. The summed E-state index contributed by atoms with van der Waals surface area (Å²) in [5.74, 6) is 0.179. The summed E-state index contributed by atoms with van der Waals surface area (Å²) in [5.41, 5.74) is 4.10. The van der Waals surface area contributed by atoms with Gasteiger partial charge in [-0.3, -0.25) is 14.3 Å². The Bertz CT molecular complexity index is 1030. The largest absolute Gasteiger partial charge is 0.383 e. The summed E-state index contributed by atoms with van der Waals surface area (Å²) in [6, 6.07) is 11.0. The van der Waals surface area contributed by atoms with Crippen molar-refractivity contribution < 1.29 is 14.0 Å². The molecular formula is C26H31FN2O2S2. The van der Waals surface area contributed by atoms with E-state index in [4.69, 9.17) is 0 Å². The monoisotopic (exact) mass is 486 g/mol. The van der Waals surface area contributed by atoms with Gasteiger partial charge in [-0.1, -0.05) is 38.8 Å². The molecule has 0 radical (unpaired) electrons. The maximum Gasteiger partial charge on any atom is 0.193 e. The molecule has 1 atom stereocenters. The van der Waals surface area contributed by atoms with Gasteiger partial charge in [0.2, 0.25) is 0 Å². The highest BCUT2D eigenvalue weighted by Gasteiger charge is 2.22. The highest BCUT2D eigenvalue weighted by molar-refractivity contribution is 7.99. The third kappa shape index (κ3) is 7.59. The molecule has 0 heterocycles. The Kier molecular flexibility index (Phi) is 10.4. The van der Waals surface area contributed by atoms with E-state index in [1.807, 2.05) is 62.1 Å². The smallest absolute Gasteiger partial charge is 0.193 e. The molecule has 1 unspecified atom stereocenters. The number of allylic oxidation sites excluding steroid dienone is 1. The van der Waals surface area contributed by atoms with Gasteiger partial charge in [-0.05, 0) is 65.3 Å². The van der Waals surface area contributed by atoms with Crippen molar-refractivity contribution in [2.75, 3.05) is 14.1 Å². The molecular weight excluding hydrogens is 455 g/mol. The fourth-order valence-corrected chi connectivity index (χ4v) is 4.13. The first kappa shape index (κ1) is 26.9. The summed E-state index contributed by atoms with van der Waals surface area (Å²) < 4.78 is 16.3. The maximum absolute atomic E-state index is 13.5. The maximum atomic E-state index is 13.5. The lowest BCUT2D eigenvalue weighted by molar-refractivity contribution is -0.104. The third-order valence-corrected chi connectivity index (χ3v) is 6.47. The second-order valence-electron chi connectivity index (χ2n) is 8.19. The number of thioether (sulfide) groups is 1. The summed E-state index contributed by atoms with van der Waals surface area (Å²) >= 11 is 6.01. The van der Waals surface area contributed by atoms with Crippen LogP contribution in [0.2, 0.25) is 0 Å². The van der Waals surface area contributed by atoms with Crippen LogP contribution >= 0.6 is 24.6 Å². The summed E-state index contributed by atoms with van der Waals surface area (Å²) in [6.07, 6.45) is 4.12. The van der Waals surface area contributed by atoms with Crippen LogP contribution in [0.4, 0.5) is 4.39 Å². The van der Waals surface area contributed by atoms with Crippen molar-refractivity contribution in [3.05, 3.63) is 88.4 Å². The second kappa shape index (κ2) is 12.8. The number of benzene rings is 2. The normalized spacial score (nSPS) is 13.2. The molecule has 4 nitrogen and oxygen atoms in total. The van der Waals surface area contributed by atoms with E-state index >= 15 is 0 Å². The number of carbonyl (C=O) groups excluding carboxylic acids is 2. The second-order valence-corrected chi connectivity index (χ2v) is 10.0. The highest BCUT2D eigenvalue weighted by Crippen LogP contribution is 2.32. The minimum atomic E-state index is -0.397. The third-order valence-electron chi connectivity index (χ3n) is 4.91. The van der Waals surface area contributed by atoms with Crippen molar-refractivity contribution in [1.82, 2.24) is 9.62 Å². The van der Waals surface area contributed by atoms with Gasteiger partial charge in [0.25, 0.3) is 0 Å².